The van der Waals surface area contributed by atoms with Crippen molar-refractivity contribution in [2.24, 2.45) is 0 Å². The number of nitrogens with zero attached hydrogens (tertiary/aromatic N) is 4. The van der Waals surface area contributed by atoms with Crippen molar-refractivity contribution in [3.63, 3.8) is 0 Å². The van der Waals surface area contributed by atoms with Gasteiger partial charge in [0.05, 0.1) is 29.3 Å². The summed E-state index contributed by atoms with van der Waals surface area (Å²) in [5, 5.41) is 9.89. The lowest BCUT2D eigenvalue weighted by Crippen LogP contribution is -2.27. The van der Waals surface area contributed by atoms with Crippen molar-refractivity contribution in [2.75, 3.05) is 26.2 Å². The first-order valence-corrected chi connectivity index (χ1v) is 10.4. The Kier molecular flexibility index (Phi) is 4.95. The van der Waals surface area contributed by atoms with E-state index in [1.54, 1.807) is 12.1 Å². The van der Waals surface area contributed by atoms with Crippen molar-refractivity contribution < 1.29 is 14.3 Å². The van der Waals surface area contributed by atoms with Crippen molar-refractivity contribution in [3.05, 3.63) is 58.5 Å². The number of aliphatic hydroxyl groups excluding tert-OH is 1. The van der Waals surface area contributed by atoms with Gasteiger partial charge in [0.2, 0.25) is 0 Å². The molecule has 0 radical (unpaired) electrons. The number of rotatable bonds is 5. The molecular weight excluding hydrogens is 396 g/mol. The fraction of sp³-hybridized carbons (Fsp3) is 0.348. The van der Waals surface area contributed by atoms with E-state index in [0.29, 0.717) is 29.1 Å². The molecule has 0 bridgehead atoms. The van der Waals surface area contributed by atoms with E-state index in [1.165, 1.54) is 0 Å². The molecule has 1 atom stereocenters. The van der Waals surface area contributed by atoms with Gasteiger partial charge in [0.15, 0.2) is 5.65 Å². The summed E-state index contributed by atoms with van der Waals surface area (Å²) in [6.07, 6.45) is 4.68. The summed E-state index contributed by atoms with van der Waals surface area (Å²) in [4.78, 5) is 23.9. The molecule has 0 spiro atoms. The molecule has 31 heavy (non-hydrogen) atoms. The molecule has 1 aromatic carbocycles. The molecule has 1 saturated heterocycles. The average Bonchev–Trinajstić information content (AvgIpc) is 3.34. The molecule has 1 aliphatic rings. The maximum atomic E-state index is 12.7. The maximum absolute atomic E-state index is 12.7. The van der Waals surface area contributed by atoms with E-state index in [4.69, 9.17) is 14.3 Å². The van der Waals surface area contributed by atoms with Gasteiger partial charge in [-0.05, 0) is 38.5 Å². The van der Waals surface area contributed by atoms with E-state index in [-0.39, 0.29) is 12.7 Å². The number of fused-ring (bicyclic) bond motifs is 2. The first-order chi connectivity index (χ1) is 15.0. The normalized spacial score (nSPS) is 17.1. The van der Waals surface area contributed by atoms with Crippen molar-refractivity contribution in [3.8, 4) is 17.0 Å². The van der Waals surface area contributed by atoms with Crippen LogP contribution >= 0.6 is 0 Å². The Labute approximate surface area is 178 Å². The lowest BCUT2D eigenvalue weighted by atomic mass is 10.1. The monoisotopic (exact) mass is 420 g/mol. The maximum Gasteiger partial charge on any atom is 0.345 e. The molecule has 0 saturated carbocycles. The van der Waals surface area contributed by atoms with Gasteiger partial charge in [0.1, 0.15) is 17.4 Å². The smallest absolute Gasteiger partial charge is 0.345 e. The van der Waals surface area contributed by atoms with Crippen molar-refractivity contribution in [1.82, 2.24) is 19.3 Å². The van der Waals surface area contributed by atoms with E-state index in [9.17, 15) is 4.79 Å². The summed E-state index contributed by atoms with van der Waals surface area (Å²) in [5.74, 6) is 0.671. The summed E-state index contributed by atoms with van der Waals surface area (Å²) in [6.45, 7) is 6.32. The van der Waals surface area contributed by atoms with Gasteiger partial charge in [-0.15, -0.1) is 0 Å². The van der Waals surface area contributed by atoms with Gasteiger partial charge in [0.25, 0.3) is 0 Å². The lowest BCUT2D eigenvalue weighted by molar-refractivity contribution is 0.181. The van der Waals surface area contributed by atoms with Crippen LogP contribution in [0.25, 0.3) is 27.9 Å². The Bertz CT molecular complexity index is 1330. The zero-order chi connectivity index (χ0) is 21.5. The Hall–Kier alpha value is -3.23. The van der Waals surface area contributed by atoms with Crippen LogP contribution in [0.4, 0.5) is 0 Å². The Morgan fingerprint density at radius 3 is 2.94 bits per heavy atom. The molecule has 8 heteroatoms. The average molecular weight is 420 g/mol. The quantitative estimate of drug-likeness (QED) is 0.496. The zero-order valence-corrected chi connectivity index (χ0v) is 17.5. The van der Waals surface area contributed by atoms with Gasteiger partial charge < -0.3 is 18.7 Å². The van der Waals surface area contributed by atoms with E-state index < -0.39 is 5.63 Å². The molecule has 1 aliphatic heterocycles. The third kappa shape index (κ3) is 3.80. The van der Waals surface area contributed by atoms with E-state index in [0.717, 1.165) is 41.9 Å². The molecule has 1 fully saturated rings. The van der Waals surface area contributed by atoms with Crippen LogP contribution in [0.1, 0.15) is 17.8 Å². The summed E-state index contributed by atoms with van der Waals surface area (Å²) in [5.41, 5.74) is 3.42. The van der Waals surface area contributed by atoms with Crippen molar-refractivity contribution >= 4 is 16.6 Å². The Morgan fingerprint density at radius 1 is 1.23 bits per heavy atom. The highest BCUT2D eigenvalue weighted by Crippen LogP contribution is 2.26. The van der Waals surface area contributed by atoms with Crippen LogP contribution < -0.4 is 10.4 Å². The number of benzene rings is 1. The molecule has 0 aliphatic carbocycles. The Balaban J connectivity index is 1.45. The Morgan fingerprint density at radius 2 is 2.10 bits per heavy atom. The van der Waals surface area contributed by atoms with Crippen LogP contribution in [0.15, 0.2) is 45.9 Å². The number of ether oxygens (including phenoxy) is 1. The molecule has 5 rings (SSSR count). The van der Waals surface area contributed by atoms with Crippen LogP contribution in [0.5, 0.6) is 5.75 Å². The number of imidazole rings is 1. The molecule has 3 aromatic heterocycles. The minimum Gasteiger partial charge on any atom is -0.489 e. The minimum atomic E-state index is -0.439. The zero-order valence-electron chi connectivity index (χ0n) is 17.5. The molecule has 4 aromatic rings. The highest BCUT2D eigenvalue weighted by molar-refractivity contribution is 5.82. The van der Waals surface area contributed by atoms with Gasteiger partial charge in [0, 0.05) is 43.5 Å². The number of likely N-dealkylation sites (tertiary alicyclic amines) is 1. The van der Waals surface area contributed by atoms with Crippen LogP contribution in [-0.2, 0) is 0 Å². The van der Waals surface area contributed by atoms with E-state index in [1.807, 2.05) is 42.8 Å². The predicted molar refractivity (Wildman–Crippen MR) is 116 cm³/mol. The summed E-state index contributed by atoms with van der Waals surface area (Å²) in [7, 11) is 0. The summed E-state index contributed by atoms with van der Waals surface area (Å²) < 4.78 is 13.6. The molecule has 160 valence electrons. The third-order valence-electron chi connectivity index (χ3n) is 5.66. The second-order valence-corrected chi connectivity index (χ2v) is 8.02. The SMILES string of the molecule is Cc1cn2cc(-c3cc4ccc(O[C@@H]5CCN(CCO)C5)cc4oc3=O)nc2c(C)n1. The fourth-order valence-electron chi connectivity index (χ4n) is 4.21. The highest BCUT2D eigenvalue weighted by atomic mass is 16.5. The standard InChI is InChI=1S/C23H24N4O4/c1-14-11-27-13-20(25-22(27)15(2)24-14)19-9-16-3-4-17(10-21(16)31-23(19)29)30-18-5-6-26(12-18)7-8-28/h3-4,9-11,13,18,28H,5-8,12H2,1-2H3/t18-/m1/s1. The molecule has 1 N–H and O–H groups in total. The fourth-order valence-corrected chi connectivity index (χ4v) is 4.21. The van der Waals surface area contributed by atoms with E-state index >= 15 is 0 Å². The van der Waals surface area contributed by atoms with Crippen molar-refractivity contribution in [1.29, 1.82) is 0 Å². The van der Waals surface area contributed by atoms with Crippen LogP contribution in [0.2, 0.25) is 0 Å². The van der Waals surface area contributed by atoms with Gasteiger partial charge in [-0.2, -0.15) is 0 Å². The number of hydrogen-bond donors (Lipinski definition) is 1. The largest absolute Gasteiger partial charge is 0.489 e. The number of aromatic nitrogens is 3. The van der Waals surface area contributed by atoms with Gasteiger partial charge >= 0.3 is 5.63 Å². The topological polar surface area (TPSA) is 93.1 Å². The molecular formula is C23H24N4O4. The number of aryl methyl sites for hydroxylation is 2. The second kappa shape index (κ2) is 7.79. The molecule has 0 unspecified atom stereocenters. The first-order valence-electron chi connectivity index (χ1n) is 10.4. The van der Waals surface area contributed by atoms with Gasteiger partial charge in [-0.25, -0.2) is 9.78 Å². The highest BCUT2D eigenvalue weighted by Gasteiger charge is 2.23. The van der Waals surface area contributed by atoms with Gasteiger partial charge in [-0.1, -0.05) is 0 Å². The van der Waals surface area contributed by atoms with Crippen LogP contribution in [0, 0.1) is 13.8 Å². The number of hydrogen-bond acceptors (Lipinski definition) is 7. The molecule has 8 nitrogen and oxygen atoms in total. The van der Waals surface area contributed by atoms with Crippen molar-refractivity contribution in [2.45, 2.75) is 26.4 Å². The minimum absolute atomic E-state index is 0.0632. The lowest BCUT2D eigenvalue weighted by Gasteiger charge is -2.16. The first kappa shape index (κ1) is 19.7. The summed E-state index contributed by atoms with van der Waals surface area (Å²) in [6, 6.07) is 7.35. The number of aliphatic hydroxyl groups is 1. The van der Waals surface area contributed by atoms with Gasteiger partial charge in [-0.3, -0.25) is 9.88 Å². The van der Waals surface area contributed by atoms with E-state index in [2.05, 4.69) is 14.9 Å². The third-order valence-corrected chi connectivity index (χ3v) is 5.66. The molecule has 0 amide bonds. The predicted octanol–water partition coefficient (Wildman–Crippen LogP) is 2.56. The van der Waals surface area contributed by atoms with Crippen LogP contribution in [0.3, 0.4) is 0 Å². The second-order valence-electron chi connectivity index (χ2n) is 8.02. The number of β-amino-alcohol motifs (C(OH)–C–C–N with tert-alkyl or cyclic N) is 1. The summed E-state index contributed by atoms with van der Waals surface area (Å²) >= 11 is 0. The molecule has 4 heterocycles. The van der Waals surface area contributed by atoms with Crippen LogP contribution in [-0.4, -0.2) is 56.7 Å².